The Labute approximate surface area is 122 Å². The molecule has 0 N–H and O–H groups in total. The number of nitrogens with zero attached hydrogens (tertiary/aromatic N) is 2. The van der Waals surface area contributed by atoms with E-state index in [0.717, 1.165) is 5.56 Å². The summed E-state index contributed by atoms with van der Waals surface area (Å²) in [6.07, 6.45) is 1.59. The smallest absolute Gasteiger partial charge is 0.319 e. The number of oxazole rings is 1. The van der Waals surface area contributed by atoms with Crippen molar-refractivity contribution >= 4 is 5.97 Å². The number of benzene rings is 1. The van der Waals surface area contributed by atoms with Crippen molar-refractivity contribution in [2.45, 2.75) is 13.5 Å². The van der Waals surface area contributed by atoms with Crippen molar-refractivity contribution in [3.8, 4) is 11.3 Å². The van der Waals surface area contributed by atoms with Crippen molar-refractivity contribution in [3.05, 3.63) is 42.2 Å². The van der Waals surface area contributed by atoms with Gasteiger partial charge in [0.05, 0.1) is 26.4 Å². The zero-order valence-corrected chi connectivity index (χ0v) is 12.0. The summed E-state index contributed by atoms with van der Waals surface area (Å²) in [7, 11) is 1.36. The quantitative estimate of drug-likeness (QED) is 0.766. The van der Waals surface area contributed by atoms with E-state index < -0.39 is 0 Å². The van der Waals surface area contributed by atoms with Gasteiger partial charge in [-0.2, -0.15) is 0 Å². The predicted octanol–water partition coefficient (Wildman–Crippen LogP) is 2.48. The van der Waals surface area contributed by atoms with Crippen molar-refractivity contribution in [2.24, 2.45) is 0 Å². The van der Waals surface area contributed by atoms with Crippen molar-refractivity contribution < 1.29 is 18.3 Å². The zero-order chi connectivity index (χ0) is 15.2. The minimum absolute atomic E-state index is 0.182. The number of ether oxygens (including phenoxy) is 1. The van der Waals surface area contributed by atoms with Crippen molar-refractivity contribution in [1.29, 1.82) is 0 Å². The first-order chi connectivity index (χ1) is 10.1. The number of carbonyl (C=O) groups is 1. The van der Waals surface area contributed by atoms with E-state index in [0.29, 0.717) is 24.7 Å². The molecule has 1 aromatic heterocycles. The molecule has 0 fully saturated rings. The highest BCUT2D eigenvalue weighted by molar-refractivity contribution is 5.71. The molecule has 0 saturated heterocycles. The molecule has 0 aliphatic rings. The van der Waals surface area contributed by atoms with E-state index in [1.165, 1.54) is 19.2 Å². The molecule has 1 aromatic carbocycles. The van der Waals surface area contributed by atoms with Crippen LogP contribution >= 0.6 is 0 Å². The summed E-state index contributed by atoms with van der Waals surface area (Å²) in [6.45, 7) is 3.20. The highest BCUT2D eigenvalue weighted by Gasteiger charge is 2.13. The van der Waals surface area contributed by atoms with Gasteiger partial charge in [-0.1, -0.05) is 6.92 Å². The monoisotopic (exact) mass is 292 g/mol. The second-order valence-electron chi connectivity index (χ2n) is 4.50. The van der Waals surface area contributed by atoms with Crippen LogP contribution in [0.4, 0.5) is 4.39 Å². The summed E-state index contributed by atoms with van der Waals surface area (Å²) >= 11 is 0. The number of rotatable bonds is 6. The Balaban J connectivity index is 2.05. The fourth-order valence-electron chi connectivity index (χ4n) is 1.85. The Bertz CT molecular complexity index is 595. The molecule has 2 aromatic rings. The molecule has 21 heavy (non-hydrogen) atoms. The number of likely N-dealkylation sites (N-methyl/N-ethyl adjacent to an activating group) is 1. The lowest BCUT2D eigenvalue weighted by Crippen LogP contribution is -2.30. The molecule has 0 aliphatic carbocycles. The number of esters is 1. The van der Waals surface area contributed by atoms with Crippen LogP contribution in [-0.2, 0) is 16.1 Å². The molecular formula is C15H17FN2O3. The molecular weight excluding hydrogens is 275 g/mol. The normalized spacial score (nSPS) is 10.9. The van der Waals surface area contributed by atoms with Gasteiger partial charge < -0.3 is 9.15 Å². The average Bonchev–Trinajstić information content (AvgIpc) is 2.95. The van der Waals surface area contributed by atoms with Crippen LogP contribution in [0, 0.1) is 5.82 Å². The Morgan fingerprint density at radius 3 is 2.71 bits per heavy atom. The van der Waals surface area contributed by atoms with Crippen LogP contribution in [-0.4, -0.2) is 36.1 Å². The highest BCUT2D eigenvalue weighted by atomic mass is 19.1. The minimum atomic E-state index is -0.304. The van der Waals surface area contributed by atoms with Crippen LogP contribution in [0.25, 0.3) is 11.3 Å². The number of halogens is 1. The Hall–Kier alpha value is -2.21. The Morgan fingerprint density at radius 2 is 2.10 bits per heavy atom. The van der Waals surface area contributed by atoms with E-state index in [9.17, 15) is 9.18 Å². The maximum Gasteiger partial charge on any atom is 0.319 e. The first kappa shape index (κ1) is 15.2. The van der Waals surface area contributed by atoms with Crippen LogP contribution in [0.5, 0.6) is 0 Å². The van der Waals surface area contributed by atoms with Crippen LogP contribution in [0.15, 0.2) is 34.9 Å². The fraction of sp³-hybridized carbons (Fsp3) is 0.333. The van der Waals surface area contributed by atoms with Gasteiger partial charge in [-0.05, 0) is 30.8 Å². The summed E-state index contributed by atoms with van der Waals surface area (Å²) in [6, 6.07) is 6.00. The maximum atomic E-state index is 12.9. The number of carbonyl (C=O) groups excluding carboxylic acids is 1. The molecule has 0 atom stereocenters. The molecule has 0 spiro atoms. The molecule has 1 heterocycles. The van der Waals surface area contributed by atoms with Gasteiger partial charge in [-0.25, -0.2) is 9.37 Å². The summed E-state index contributed by atoms with van der Waals surface area (Å²) in [4.78, 5) is 17.3. The summed E-state index contributed by atoms with van der Waals surface area (Å²) < 4.78 is 23.2. The van der Waals surface area contributed by atoms with Gasteiger partial charge in [0.15, 0.2) is 5.76 Å². The first-order valence-corrected chi connectivity index (χ1v) is 6.62. The number of aromatic nitrogens is 1. The highest BCUT2D eigenvalue weighted by Crippen LogP contribution is 2.21. The van der Waals surface area contributed by atoms with Gasteiger partial charge in [0.2, 0.25) is 5.89 Å². The third-order valence-corrected chi connectivity index (χ3v) is 3.07. The minimum Gasteiger partial charge on any atom is -0.468 e. The van der Waals surface area contributed by atoms with E-state index in [-0.39, 0.29) is 18.3 Å². The second-order valence-corrected chi connectivity index (χ2v) is 4.50. The molecule has 0 unspecified atom stereocenters. The summed E-state index contributed by atoms with van der Waals surface area (Å²) in [5.74, 6) is 0.468. The van der Waals surface area contributed by atoms with E-state index in [4.69, 9.17) is 4.42 Å². The number of hydrogen-bond donors (Lipinski definition) is 0. The molecule has 0 aliphatic heterocycles. The van der Waals surface area contributed by atoms with Crippen molar-refractivity contribution in [2.75, 3.05) is 20.2 Å². The van der Waals surface area contributed by atoms with Crippen LogP contribution in [0.3, 0.4) is 0 Å². The standard InChI is InChI=1S/C15H17FN2O3/c1-3-18(10-15(19)20-2)9-14-17-8-13(21-14)11-4-6-12(16)7-5-11/h4-8H,3,9-10H2,1-2H3. The predicted molar refractivity (Wildman–Crippen MR) is 74.9 cm³/mol. The van der Waals surface area contributed by atoms with Gasteiger partial charge in [-0.15, -0.1) is 0 Å². The third kappa shape index (κ3) is 4.13. The first-order valence-electron chi connectivity index (χ1n) is 6.62. The lowest BCUT2D eigenvalue weighted by atomic mass is 10.2. The van der Waals surface area contributed by atoms with Crippen LogP contribution in [0.2, 0.25) is 0 Å². The molecule has 0 bridgehead atoms. The lowest BCUT2D eigenvalue weighted by Gasteiger charge is -2.16. The molecule has 0 amide bonds. The molecule has 0 saturated carbocycles. The van der Waals surface area contributed by atoms with Gasteiger partial charge in [0, 0.05) is 5.56 Å². The third-order valence-electron chi connectivity index (χ3n) is 3.07. The molecule has 2 rings (SSSR count). The van der Waals surface area contributed by atoms with Crippen molar-refractivity contribution in [3.63, 3.8) is 0 Å². The van der Waals surface area contributed by atoms with Gasteiger partial charge >= 0.3 is 5.97 Å². The fourth-order valence-corrected chi connectivity index (χ4v) is 1.85. The molecule has 5 nitrogen and oxygen atoms in total. The summed E-state index contributed by atoms with van der Waals surface area (Å²) in [5.41, 5.74) is 0.756. The summed E-state index contributed by atoms with van der Waals surface area (Å²) in [5, 5.41) is 0. The number of hydrogen-bond acceptors (Lipinski definition) is 5. The maximum absolute atomic E-state index is 12.9. The second kappa shape index (κ2) is 6.99. The van der Waals surface area contributed by atoms with Gasteiger partial charge in [0.25, 0.3) is 0 Å². The van der Waals surface area contributed by atoms with E-state index >= 15 is 0 Å². The molecule has 6 heteroatoms. The van der Waals surface area contributed by atoms with E-state index in [1.807, 2.05) is 11.8 Å². The molecule has 0 radical (unpaired) electrons. The van der Waals surface area contributed by atoms with E-state index in [2.05, 4.69) is 9.72 Å². The molecule has 112 valence electrons. The number of methoxy groups -OCH3 is 1. The largest absolute Gasteiger partial charge is 0.468 e. The average molecular weight is 292 g/mol. The Morgan fingerprint density at radius 1 is 1.38 bits per heavy atom. The van der Waals surface area contributed by atoms with Crippen LogP contribution < -0.4 is 0 Å². The van der Waals surface area contributed by atoms with Gasteiger partial charge in [-0.3, -0.25) is 9.69 Å². The van der Waals surface area contributed by atoms with E-state index in [1.54, 1.807) is 18.3 Å². The SMILES string of the molecule is CCN(CC(=O)OC)Cc1ncc(-c2ccc(F)cc2)o1. The lowest BCUT2D eigenvalue weighted by molar-refractivity contribution is -0.142. The topological polar surface area (TPSA) is 55.6 Å². The Kier molecular flexibility index (Phi) is 5.05. The van der Waals surface area contributed by atoms with Crippen molar-refractivity contribution in [1.82, 2.24) is 9.88 Å². The zero-order valence-electron chi connectivity index (χ0n) is 12.0. The van der Waals surface area contributed by atoms with Gasteiger partial charge in [0.1, 0.15) is 5.82 Å². The van der Waals surface area contributed by atoms with Crippen LogP contribution in [0.1, 0.15) is 12.8 Å².